The van der Waals surface area contributed by atoms with Crippen LogP contribution in [0.4, 0.5) is 5.69 Å². The summed E-state index contributed by atoms with van der Waals surface area (Å²) in [6.45, 7) is 5.69. The predicted octanol–water partition coefficient (Wildman–Crippen LogP) is 3.14. The zero-order valence-corrected chi connectivity index (χ0v) is 12.2. The number of hydrogen-bond donors (Lipinski definition) is 1. The molecule has 19 heavy (non-hydrogen) atoms. The van der Waals surface area contributed by atoms with Crippen LogP contribution in [-0.2, 0) is 0 Å². The number of nitrogen functional groups attached to an aromatic ring is 1. The van der Waals surface area contributed by atoms with Crippen molar-refractivity contribution in [1.29, 1.82) is 0 Å². The van der Waals surface area contributed by atoms with Gasteiger partial charge in [-0.2, -0.15) is 0 Å². The van der Waals surface area contributed by atoms with Gasteiger partial charge >= 0.3 is 0 Å². The first kappa shape index (κ1) is 13.8. The van der Waals surface area contributed by atoms with Crippen LogP contribution in [0.2, 0.25) is 0 Å². The Balaban J connectivity index is 2.37. The molecule has 0 saturated heterocycles. The minimum Gasteiger partial charge on any atom is -0.396 e. The lowest BCUT2D eigenvalue weighted by molar-refractivity contribution is 0.0761. The highest BCUT2D eigenvalue weighted by molar-refractivity contribution is 7.21. The Kier molecular flexibility index (Phi) is 4.37. The molecule has 0 aliphatic carbocycles. The van der Waals surface area contributed by atoms with Gasteiger partial charge < -0.3 is 10.6 Å². The quantitative estimate of drug-likeness (QED) is 0.913. The molecule has 2 heterocycles. The van der Waals surface area contributed by atoms with Crippen molar-refractivity contribution in [3.8, 4) is 0 Å². The summed E-state index contributed by atoms with van der Waals surface area (Å²) in [5, 5.41) is 0. The first-order valence-electron chi connectivity index (χ1n) is 6.61. The van der Waals surface area contributed by atoms with Crippen molar-refractivity contribution in [3.63, 3.8) is 0 Å². The van der Waals surface area contributed by atoms with Gasteiger partial charge in [0.15, 0.2) is 0 Å². The number of pyridine rings is 1. The lowest BCUT2D eigenvalue weighted by Gasteiger charge is -2.20. The summed E-state index contributed by atoms with van der Waals surface area (Å²) in [6.07, 6.45) is 3.61. The molecule has 0 bridgehead atoms. The third-order valence-corrected chi connectivity index (χ3v) is 4.10. The molecule has 4 nitrogen and oxygen atoms in total. The molecular formula is C14H19N3OS. The average Bonchev–Trinajstić information content (AvgIpc) is 2.76. The Morgan fingerprint density at radius 3 is 2.63 bits per heavy atom. The van der Waals surface area contributed by atoms with E-state index in [1.807, 2.05) is 17.0 Å². The van der Waals surface area contributed by atoms with Crippen molar-refractivity contribution in [3.05, 3.63) is 23.2 Å². The Labute approximate surface area is 117 Å². The van der Waals surface area contributed by atoms with Crippen molar-refractivity contribution >= 4 is 33.1 Å². The minimum atomic E-state index is 0.0317. The summed E-state index contributed by atoms with van der Waals surface area (Å²) in [6, 6.07) is 3.81. The highest BCUT2D eigenvalue weighted by Gasteiger charge is 2.21. The van der Waals surface area contributed by atoms with Gasteiger partial charge in [0, 0.05) is 19.3 Å². The normalized spacial score (nSPS) is 10.8. The molecule has 2 aromatic rings. The Hall–Kier alpha value is -1.62. The topological polar surface area (TPSA) is 59.2 Å². The molecule has 2 N–H and O–H groups in total. The van der Waals surface area contributed by atoms with Gasteiger partial charge in [0.1, 0.15) is 10.4 Å². The molecule has 0 saturated carbocycles. The summed E-state index contributed by atoms with van der Waals surface area (Å²) in [7, 11) is 0. The second kappa shape index (κ2) is 6.02. The van der Waals surface area contributed by atoms with E-state index in [-0.39, 0.29) is 5.91 Å². The molecule has 0 unspecified atom stereocenters. The van der Waals surface area contributed by atoms with E-state index in [1.54, 1.807) is 6.20 Å². The molecule has 0 aliphatic heterocycles. The van der Waals surface area contributed by atoms with Crippen LogP contribution in [0.3, 0.4) is 0 Å². The second-order valence-corrected chi connectivity index (χ2v) is 5.54. The molecule has 2 aromatic heterocycles. The number of thiophene rings is 1. The first-order valence-corrected chi connectivity index (χ1v) is 7.42. The van der Waals surface area contributed by atoms with Crippen LogP contribution >= 0.6 is 11.3 Å². The molecule has 0 radical (unpaired) electrons. The molecule has 0 atom stereocenters. The van der Waals surface area contributed by atoms with Crippen LogP contribution < -0.4 is 5.73 Å². The number of rotatable bonds is 5. The van der Waals surface area contributed by atoms with Crippen molar-refractivity contribution in [2.45, 2.75) is 26.7 Å². The maximum atomic E-state index is 12.5. The standard InChI is InChI=1S/C14H19N3OS/c1-3-8-17(9-4-2)14(18)13-11(15)12-10(19-13)6-5-7-16-12/h5-7H,3-4,8-9,15H2,1-2H3. The molecule has 2 rings (SSSR count). The number of amides is 1. The first-order chi connectivity index (χ1) is 9.19. The van der Waals surface area contributed by atoms with E-state index in [0.29, 0.717) is 10.6 Å². The van der Waals surface area contributed by atoms with E-state index in [9.17, 15) is 4.79 Å². The van der Waals surface area contributed by atoms with E-state index in [2.05, 4.69) is 18.8 Å². The van der Waals surface area contributed by atoms with E-state index in [1.165, 1.54) is 11.3 Å². The highest BCUT2D eigenvalue weighted by Crippen LogP contribution is 2.32. The zero-order valence-electron chi connectivity index (χ0n) is 11.3. The Bertz CT molecular complexity index is 573. The summed E-state index contributed by atoms with van der Waals surface area (Å²) < 4.78 is 0.969. The van der Waals surface area contributed by atoms with Crippen molar-refractivity contribution in [2.24, 2.45) is 0 Å². The molecule has 5 heteroatoms. The summed E-state index contributed by atoms with van der Waals surface area (Å²) in [5.74, 6) is 0.0317. The average molecular weight is 277 g/mol. The predicted molar refractivity (Wildman–Crippen MR) is 80.5 cm³/mol. The highest BCUT2D eigenvalue weighted by atomic mass is 32.1. The molecular weight excluding hydrogens is 258 g/mol. The third kappa shape index (κ3) is 2.71. The summed E-state index contributed by atoms with van der Waals surface area (Å²) in [4.78, 5) is 19.3. The van der Waals surface area contributed by atoms with E-state index in [4.69, 9.17) is 5.73 Å². The van der Waals surface area contributed by atoms with Gasteiger partial charge in [-0.15, -0.1) is 11.3 Å². The van der Waals surface area contributed by atoms with E-state index in [0.717, 1.165) is 36.1 Å². The van der Waals surface area contributed by atoms with Gasteiger partial charge in [-0.3, -0.25) is 9.78 Å². The van der Waals surface area contributed by atoms with E-state index >= 15 is 0 Å². The largest absolute Gasteiger partial charge is 0.396 e. The molecule has 0 spiro atoms. The van der Waals surface area contributed by atoms with Gasteiger partial charge in [0.05, 0.1) is 10.4 Å². The zero-order chi connectivity index (χ0) is 13.8. The van der Waals surface area contributed by atoms with Crippen molar-refractivity contribution < 1.29 is 4.79 Å². The number of anilines is 1. The third-order valence-electron chi connectivity index (χ3n) is 2.95. The Morgan fingerprint density at radius 2 is 2.05 bits per heavy atom. The van der Waals surface area contributed by atoms with Gasteiger partial charge in [0.25, 0.3) is 5.91 Å². The van der Waals surface area contributed by atoms with Gasteiger partial charge in [0.2, 0.25) is 0 Å². The van der Waals surface area contributed by atoms with Crippen LogP contribution in [0, 0.1) is 0 Å². The van der Waals surface area contributed by atoms with Crippen LogP contribution in [0.1, 0.15) is 36.4 Å². The minimum absolute atomic E-state index is 0.0317. The number of carbonyl (C=O) groups is 1. The molecule has 1 amide bonds. The van der Waals surface area contributed by atoms with Crippen molar-refractivity contribution in [1.82, 2.24) is 9.88 Å². The van der Waals surface area contributed by atoms with Crippen LogP contribution in [0.5, 0.6) is 0 Å². The Morgan fingerprint density at radius 1 is 1.37 bits per heavy atom. The fourth-order valence-electron chi connectivity index (χ4n) is 2.10. The smallest absolute Gasteiger partial charge is 0.266 e. The number of carbonyl (C=O) groups excluding carboxylic acids is 1. The number of hydrogen-bond acceptors (Lipinski definition) is 4. The van der Waals surface area contributed by atoms with Gasteiger partial charge in [-0.05, 0) is 25.0 Å². The van der Waals surface area contributed by atoms with E-state index < -0.39 is 0 Å². The van der Waals surface area contributed by atoms with Gasteiger partial charge in [-0.25, -0.2) is 0 Å². The van der Waals surface area contributed by atoms with Crippen LogP contribution in [0.25, 0.3) is 10.2 Å². The molecule has 102 valence electrons. The lowest BCUT2D eigenvalue weighted by atomic mass is 10.2. The van der Waals surface area contributed by atoms with Crippen LogP contribution in [-0.4, -0.2) is 28.9 Å². The monoisotopic (exact) mass is 277 g/mol. The maximum Gasteiger partial charge on any atom is 0.266 e. The molecule has 0 aliphatic rings. The number of fused-ring (bicyclic) bond motifs is 1. The second-order valence-electron chi connectivity index (χ2n) is 4.49. The number of nitrogens with zero attached hydrogens (tertiary/aromatic N) is 2. The number of aromatic nitrogens is 1. The van der Waals surface area contributed by atoms with Crippen molar-refractivity contribution in [2.75, 3.05) is 18.8 Å². The molecule has 0 fully saturated rings. The fourth-order valence-corrected chi connectivity index (χ4v) is 3.15. The number of nitrogens with two attached hydrogens (primary N) is 1. The van der Waals surface area contributed by atoms with Crippen LogP contribution in [0.15, 0.2) is 18.3 Å². The summed E-state index contributed by atoms with van der Waals surface area (Å²) in [5.41, 5.74) is 7.33. The summed E-state index contributed by atoms with van der Waals surface area (Å²) >= 11 is 1.43. The van der Waals surface area contributed by atoms with Gasteiger partial charge in [-0.1, -0.05) is 13.8 Å². The fraction of sp³-hybridized carbons (Fsp3) is 0.429. The maximum absolute atomic E-state index is 12.5. The SMILES string of the molecule is CCCN(CCC)C(=O)c1sc2cccnc2c1N. The molecule has 0 aromatic carbocycles. The lowest BCUT2D eigenvalue weighted by Crippen LogP contribution is -2.32.